The second-order valence-corrected chi connectivity index (χ2v) is 8.00. The molecule has 0 saturated carbocycles. The van der Waals surface area contributed by atoms with Crippen LogP contribution < -0.4 is 15.2 Å². The Morgan fingerprint density at radius 3 is 2.28 bits per heavy atom. The van der Waals surface area contributed by atoms with Crippen molar-refractivity contribution in [1.29, 1.82) is 0 Å². The second kappa shape index (κ2) is 11.3. The lowest BCUT2D eigenvalue weighted by molar-refractivity contribution is 0.0741. The van der Waals surface area contributed by atoms with Gasteiger partial charge in [0.25, 0.3) is 5.91 Å². The molecule has 168 valence electrons. The third-order valence-corrected chi connectivity index (χ3v) is 5.22. The van der Waals surface area contributed by atoms with E-state index < -0.39 is 0 Å². The first-order valence-electron chi connectivity index (χ1n) is 10.9. The number of hydrogen-bond acceptors (Lipinski definition) is 4. The number of carbonyl (C=O) groups is 1. The van der Waals surface area contributed by atoms with Gasteiger partial charge in [0, 0.05) is 18.7 Å². The van der Waals surface area contributed by atoms with E-state index in [1.165, 1.54) is 11.1 Å². The molecule has 3 aromatic rings. The fourth-order valence-corrected chi connectivity index (χ4v) is 3.75. The minimum atomic E-state index is -0.0504. The molecule has 0 aliphatic carbocycles. The molecule has 0 aliphatic rings. The predicted octanol–water partition coefficient (Wildman–Crippen LogP) is 4.88. The summed E-state index contributed by atoms with van der Waals surface area (Å²) in [5, 5.41) is 0. The minimum absolute atomic E-state index is 0.0504. The molecular formula is C27H32N2O3. The van der Waals surface area contributed by atoms with Crippen LogP contribution in [0.5, 0.6) is 11.5 Å². The van der Waals surface area contributed by atoms with E-state index in [0.29, 0.717) is 43.3 Å². The zero-order chi connectivity index (χ0) is 22.9. The van der Waals surface area contributed by atoms with Gasteiger partial charge in [0.2, 0.25) is 0 Å². The smallest absolute Gasteiger partial charge is 0.254 e. The highest BCUT2D eigenvalue weighted by Crippen LogP contribution is 2.29. The van der Waals surface area contributed by atoms with Crippen LogP contribution in [-0.2, 0) is 13.2 Å². The third kappa shape index (κ3) is 6.34. The van der Waals surface area contributed by atoms with Gasteiger partial charge in [-0.2, -0.15) is 0 Å². The average Bonchev–Trinajstić information content (AvgIpc) is 2.80. The Labute approximate surface area is 190 Å². The van der Waals surface area contributed by atoms with Gasteiger partial charge in [-0.05, 0) is 56.1 Å². The molecule has 0 heterocycles. The standard InChI is InChI=1S/C27H32N2O3/c1-20-14-21(2)16-23(15-20)18-29(13-7-12-28)27(30)24-10-11-25(26(17-24)31-3)32-19-22-8-5-4-6-9-22/h4-6,8-11,14-17H,7,12-13,18-19,28H2,1-3H3. The third-order valence-electron chi connectivity index (χ3n) is 5.22. The van der Waals surface area contributed by atoms with Crippen molar-refractivity contribution >= 4 is 5.91 Å². The Kier molecular flexibility index (Phi) is 8.28. The molecule has 5 heteroatoms. The molecule has 0 atom stereocenters. The molecular weight excluding hydrogens is 400 g/mol. The molecule has 3 rings (SSSR count). The zero-order valence-corrected chi connectivity index (χ0v) is 19.1. The van der Waals surface area contributed by atoms with E-state index in [9.17, 15) is 4.79 Å². The number of hydrogen-bond donors (Lipinski definition) is 1. The Morgan fingerprint density at radius 2 is 1.62 bits per heavy atom. The van der Waals surface area contributed by atoms with Crippen LogP contribution in [0.4, 0.5) is 0 Å². The fraction of sp³-hybridized carbons (Fsp3) is 0.296. The summed E-state index contributed by atoms with van der Waals surface area (Å²) < 4.78 is 11.4. The van der Waals surface area contributed by atoms with E-state index in [-0.39, 0.29) is 5.91 Å². The molecule has 0 bridgehead atoms. The van der Waals surface area contributed by atoms with Gasteiger partial charge in [-0.25, -0.2) is 0 Å². The summed E-state index contributed by atoms with van der Waals surface area (Å²) >= 11 is 0. The monoisotopic (exact) mass is 432 g/mol. The van der Waals surface area contributed by atoms with E-state index in [0.717, 1.165) is 17.5 Å². The highest BCUT2D eigenvalue weighted by molar-refractivity contribution is 5.95. The summed E-state index contributed by atoms with van der Waals surface area (Å²) in [5.74, 6) is 1.10. The van der Waals surface area contributed by atoms with Crippen molar-refractivity contribution < 1.29 is 14.3 Å². The number of ether oxygens (including phenoxy) is 2. The van der Waals surface area contributed by atoms with Gasteiger partial charge in [0.1, 0.15) is 6.61 Å². The largest absolute Gasteiger partial charge is 0.493 e. The molecule has 0 aliphatic heterocycles. The first-order chi connectivity index (χ1) is 15.5. The number of carbonyl (C=O) groups excluding carboxylic acids is 1. The Morgan fingerprint density at radius 1 is 0.906 bits per heavy atom. The molecule has 2 N–H and O–H groups in total. The van der Waals surface area contributed by atoms with Crippen LogP contribution in [0.1, 0.15) is 39.0 Å². The van der Waals surface area contributed by atoms with Crippen molar-refractivity contribution in [3.63, 3.8) is 0 Å². The molecule has 0 saturated heterocycles. The summed E-state index contributed by atoms with van der Waals surface area (Å²) in [5.41, 5.74) is 10.8. The van der Waals surface area contributed by atoms with Crippen molar-refractivity contribution in [2.24, 2.45) is 5.73 Å². The maximum atomic E-state index is 13.4. The van der Waals surface area contributed by atoms with Crippen molar-refractivity contribution in [3.05, 3.63) is 94.5 Å². The van der Waals surface area contributed by atoms with E-state index in [1.54, 1.807) is 25.3 Å². The lowest BCUT2D eigenvalue weighted by atomic mass is 10.1. The first-order valence-corrected chi connectivity index (χ1v) is 10.9. The highest BCUT2D eigenvalue weighted by atomic mass is 16.5. The van der Waals surface area contributed by atoms with Crippen LogP contribution >= 0.6 is 0 Å². The quantitative estimate of drug-likeness (QED) is 0.496. The second-order valence-electron chi connectivity index (χ2n) is 8.00. The summed E-state index contributed by atoms with van der Waals surface area (Å²) in [4.78, 5) is 15.2. The summed E-state index contributed by atoms with van der Waals surface area (Å²) in [6.45, 7) is 6.24. The van der Waals surface area contributed by atoms with Gasteiger partial charge >= 0.3 is 0 Å². The molecule has 0 unspecified atom stereocenters. The number of benzene rings is 3. The van der Waals surface area contributed by atoms with Crippen LogP contribution in [0.25, 0.3) is 0 Å². The molecule has 0 spiro atoms. The van der Waals surface area contributed by atoms with Gasteiger partial charge in [-0.3, -0.25) is 4.79 Å². The Bertz CT molecular complexity index is 1010. The number of nitrogens with two attached hydrogens (primary N) is 1. The van der Waals surface area contributed by atoms with Crippen LogP contribution in [0.15, 0.2) is 66.7 Å². The lowest BCUT2D eigenvalue weighted by Gasteiger charge is -2.24. The first kappa shape index (κ1) is 23.4. The number of amides is 1. The van der Waals surface area contributed by atoms with Crippen molar-refractivity contribution in [2.45, 2.75) is 33.4 Å². The molecule has 32 heavy (non-hydrogen) atoms. The van der Waals surface area contributed by atoms with Gasteiger partial charge in [0.15, 0.2) is 11.5 Å². The van der Waals surface area contributed by atoms with E-state index >= 15 is 0 Å². The van der Waals surface area contributed by atoms with Gasteiger partial charge in [-0.15, -0.1) is 0 Å². The summed E-state index contributed by atoms with van der Waals surface area (Å²) in [6.07, 6.45) is 0.742. The molecule has 1 amide bonds. The molecule has 0 aromatic heterocycles. The van der Waals surface area contributed by atoms with Crippen LogP contribution in [0.3, 0.4) is 0 Å². The Balaban J connectivity index is 1.78. The van der Waals surface area contributed by atoms with E-state index in [4.69, 9.17) is 15.2 Å². The molecule has 3 aromatic carbocycles. The predicted molar refractivity (Wildman–Crippen MR) is 128 cm³/mol. The van der Waals surface area contributed by atoms with Gasteiger partial charge in [-0.1, -0.05) is 59.7 Å². The highest BCUT2D eigenvalue weighted by Gasteiger charge is 2.18. The topological polar surface area (TPSA) is 64.8 Å². The fourth-order valence-electron chi connectivity index (χ4n) is 3.75. The number of rotatable bonds is 10. The van der Waals surface area contributed by atoms with Crippen molar-refractivity contribution in [3.8, 4) is 11.5 Å². The SMILES string of the molecule is COc1cc(C(=O)N(CCCN)Cc2cc(C)cc(C)c2)ccc1OCc1ccccc1. The van der Waals surface area contributed by atoms with Gasteiger partial charge < -0.3 is 20.1 Å². The van der Waals surface area contributed by atoms with Gasteiger partial charge in [0.05, 0.1) is 7.11 Å². The van der Waals surface area contributed by atoms with Crippen LogP contribution in [0.2, 0.25) is 0 Å². The molecule has 0 fully saturated rings. The van der Waals surface area contributed by atoms with Crippen LogP contribution in [-0.4, -0.2) is 31.0 Å². The molecule has 5 nitrogen and oxygen atoms in total. The maximum Gasteiger partial charge on any atom is 0.254 e. The molecule has 0 radical (unpaired) electrons. The lowest BCUT2D eigenvalue weighted by Crippen LogP contribution is -2.32. The normalized spacial score (nSPS) is 10.6. The average molecular weight is 433 g/mol. The number of methoxy groups -OCH3 is 1. The van der Waals surface area contributed by atoms with E-state index in [2.05, 4.69) is 32.0 Å². The zero-order valence-electron chi connectivity index (χ0n) is 19.1. The maximum absolute atomic E-state index is 13.4. The summed E-state index contributed by atoms with van der Waals surface area (Å²) in [7, 11) is 1.58. The summed E-state index contributed by atoms with van der Waals surface area (Å²) in [6, 6.07) is 21.7. The van der Waals surface area contributed by atoms with Crippen molar-refractivity contribution in [2.75, 3.05) is 20.2 Å². The number of nitrogens with zero attached hydrogens (tertiary/aromatic N) is 1. The van der Waals surface area contributed by atoms with Crippen molar-refractivity contribution in [1.82, 2.24) is 4.90 Å². The van der Waals surface area contributed by atoms with E-state index in [1.807, 2.05) is 35.2 Å². The number of aryl methyl sites for hydroxylation is 2. The Hall–Kier alpha value is -3.31. The minimum Gasteiger partial charge on any atom is -0.493 e. The van der Waals surface area contributed by atoms with Crippen LogP contribution in [0, 0.1) is 13.8 Å².